The number of hydrogen-bond acceptors (Lipinski definition) is 8. The summed E-state index contributed by atoms with van der Waals surface area (Å²) in [5.41, 5.74) is 1.64. The van der Waals surface area contributed by atoms with E-state index < -0.39 is 11.8 Å². The number of ether oxygens (including phenoxy) is 4. The Kier molecular flexibility index (Phi) is 6.59. The van der Waals surface area contributed by atoms with Gasteiger partial charge < -0.3 is 18.9 Å². The first-order valence-corrected chi connectivity index (χ1v) is 10.9. The van der Waals surface area contributed by atoms with Crippen LogP contribution in [0.1, 0.15) is 26.4 Å². The van der Waals surface area contributed by atoms with Gasteiger partial charge in [0.15, 0.2) is 12.0 Å². The summed E-state index contributed by atoms with van der Waals surface area (Å²) in [4.78, 5) is 24.3. The highest BCUT2D eigenvalue weighted by molar-refractivity contribution is 7.99. The molecule has 9 heteroatoms. The van der Waals surface area contributed by atoms with E-state index in [0.29, 0.717) is 41.7 Å². The van der Waals surface area contributed by atoms with Crippen LogP contribution in [0, 0.1) is 0 Å². The number of esters is 1. The van der Waals surface area contributed by atoms with Crippen LogP contribution in [0.4, 0.5) is 0 Å². The van der Waals surface area contributed by atoms with Crippen molar-refractivity contribution < 1.29 is 28.5 Å². The quantitative estimate of drug-likeness (QED) is 0.290. The summed E-state index contributed by atoms with van der Waals surface area (Å²) in [7, 11) is 2.83. The highest BCUT2D eigenvalue weighted by Gasteiger charge is 2.39. The van der Waals surface area contributed by atoms with Crippen LogP contribution in [-0.2, 0) is 20.0 Å². The van der Waals surface area contributed by atoms with Crippen molar-refractivity contribution in [3.63, 3.8) is 0 Å². The van der Waals surface area contributed by atoms with E-state index in [1.165, 1.54) is 18.9 Å². The number of hydrogen-bond donors (Lipinski definition) is 0. The third-order valence-corrected chi connectivity index (χ3v) is 6.25. The predicted octanol–water partition coefficient (Wildman–Crippen LogP) is 3.47. The maximum absolute atomic E-state index is 12.3. The van der Waals surface area contributed by atoms with Crippen LogP contribution in [0.5, 0.6) is 5.75 Å². The van der Waals surface area contributed by atoms with Gasteiger partial charge in [0.05, 0.1) is 44.4 Å². The number of aldehydes is 1. The van der Waals surface area contributed by atoms with Gasteiger partial charge in [-0.1, -0.05) is 42.1 Å². The number of benzene rings is 2. The molecule has 1 aromatic heterocycles. The molecule has 1 fully saturated rings. The largest absolute Gasteiger partial charge is 0.497 e. The smallest absolute Gasteiger partial charge is 0.359 e. The van der Waals surface area contributed by atoms with Crippen LogP contribution in [0.15, 0.2) is 59.6 Å². The lowest BCUT2D eigenvalue weighted by molar-refractivity contribution is -0.145. The molecule has 0 bridgehead atoms. The van der Waals surface area contributed by atoms with Crippen molar-refractivity contribution in [2.75, 3.05) is 33.2 Å². The molecule has 0 atom stereocenters. The van der Waals surface area contributed by atoms with Crippen LogP contribution in [0.3, 0.4) is 0 Å². The van der Waals surface area contributed by atoms with Crippen molar-refractivity contribution in [3.8, 4) is 11.4 Å². The zero-order valence-corrected chi connectivity index (χ0v) is 18.5. The highest BCUT2D eigenvalue weighted by Crippen LogP contribution is 2.39. The molecule has 0 spiro atoms. The summed E-state index contributed by atoms with van der Waals surface area (Å²) in [6, 6.07) is 16.8. The fourth-order valence-corrected chi connectivity index (χ4v) is 4.68. The maximum atomic E-state index is 12.3. The molecule has 0 radical (unpaired) electrons. The number of thioether (sulfide) groups is 1. The second kappa shape index (κ2) is 9.56. The molecule has 3 aromatic rings. The second-order valence-corrected chi connectivity index (χ2v) is 7.86. The van der Waals surface area contributed by atoms with Gasteiger partial charge in [0.25, 0.3) is 0 Å². The first kappa shape index (κ1) is 22.1. The average molecular weight is 455 g/mol. The molecule has 0 saturated carbocycles. The molecule has 0 unspecified atom stereocenters. The summed E-state index contributed by atoms with van der Waals surface area (Å²) < 4.78 is 23.6. The Morgan fingerprint density at radius 2 is 1.81 bits per heavy atom. The van der Waals surface area contributed by atoms with Crippen molar-refractivity contribution in [1.29, 1.82) is 0 Å². The summed E-state index contributed by atoms with van der Waals surface area (Å²) in [6.07, 6.45) is 0.618. The van der Waals surface area contributed by atoms with Crippen molar-refractivity contribution in [2.45, 2.75) is 10.8 Å². The van der Waals surface area contributed by atoms with Gasteiger partial charge in [-0.05, 0) is 24.3 Å². The van der Waals surface area contributed by atoms with E-state index in [2.05, 4.69) is 5.10 Å². The fourth-order valence-electron chi connectivity index (χ4n) is 3.45. The minimum absolute atomic E-state index is 0.0529. The second-order valence-electron chi connectivity index (χ2n) is 6.89. The number of methoxy groups -OCH3 is 2. The first-order valence-electron chi connectivity index (χ1n) is 9.89. The Hall–Kier alpha value is -3.14. The monoisotopic (exact) mass is 454 g/mol. The summed E-state index contributed by atoms with van der Waals surface area (Å²) >= 11 is 1.32. The van der Waals surface area contributed by atoms with Gasteiger partial charge in [-0.25, -0.2) is 9.48 Å². The normalized spacial score (nSPS) is 14.8. The van der Waals surface area contributed by atoms with Crippen molar-refractivity contribution in [3.05, 3.63) is 71.4 Å². The van der Waals surface area contributed by atoms with Gasteiger partial charge in [0.1, 0.15) is 10.8 Å². The number of rotatable bonds is 8. The molecule has 1 saturated heterocycles. The number of carbonyl (C=O) groups excluding carboxylic acids is 2. The van der Waals surface area contributed by atoms with E-state index in [-0.39, 0.29) is 11.3 Å². The van der Waals surface area contributed by atoms with Gasteiger partial charge in [0, 0.05) is 5.56 Å². The predicted molar refractivity (Wildman–Crippen MR) is 118 cm³/mol. The highest BCUT2D eigenvalue weighted by atomic mass is 32.2. The third kappa shape index (κ3) is 4.14. The summed E-state index contributed by atoms with van der Waals surface area (Å²) in [6.45, 7) is 0.919. The molecule has 0 amide bonds. The van der Waals surface area contributed by atoms with E-state index in [0.717, 1.165) is 5.56 Å². The first-order chi connectivity index (χ1) is 15.6. The van der Waals surface area contributed by atoms with Gasteiger partial charge in [-0.2, -0.15) is 5.10 Å². The number of carbonyl (C=O) groups is 2. The minimum Gasteiger partial charge on any atom is -0.497 e. The van der Waals surface area contributed by atoms with Crippen molar-refractivity contribution >= 4 is 24.0 Å². The van der Waals surface area contributed by atoms with Gasteiger partial charge in [0.2, 0.25) is 5.79 Å². The third-order valence-electron chi connectivity index (χ3n) is 5.06. The van der Waals surface area contributed by atoms with Crippen LogP contribution >= 0.6 is 11.8 Å². The molecule has 166 valence electrons. The molecule has 0 N–H and O–H groups in total. The molecule has 2 aromatic carbocycles. The minimum atomic E-state index is -0.966. The number of nitrogens with zero attached hydrogens (tertiary/aromatic N) is 2. The van der Waals surface area contributed by atoms with E-state index in [4.69, 9.17) is 18.9 Å². The van der Waals surface area contributed by atoms with Crippen molar-refractivity contribution in [2.24, 2.45) is 0 Å². The Morgan fingerprint density at radius 1 is 1.12 bits per heavy atom. The van der Waals surface area contributed by atoms with Crippen LogP contribution in [-0.4, -0.2) is 55.2 Å². The molecular weight excluding hydrogens is 432 g/mol. The Balaban J connectivity index is 1.75. The molecule has 2 heterocycles. The van der Waals surface area contributed by atoms with Crippen LogP contribution in [0.25, 0.3) is 5.69 Å². The molecule has 8 nitrogen and oxygen atoms in total. The lowest BCUT2D eigenvalue weighted by Gasteiger charge is -2.27. The molecule has 4 rings (SSSR count). The van der Waals surface area contributed by atoms with Crippen LogP contribution in [0.2, 0.25) is 0 Å². The zero-order valence-electron chi connectivity index (χ0n) is 17.6. The molecule has 1 aliphatic rings. The van der Waals surface area contributed by atoms with Gasteiger partial charge in [-0.3, -0.25) is 4.79 Å². The Labute approximate surface area is 189 Å². The van der Waals surface area contributed by atoms with Gasteiger partial charge >= 0.3 is 5.97 Å². The van der Waals surface area contributed by atoms with Gasteiger partial charge in [-0.15, -0.1) is 0 Å². The van der Waals surface area contributed by atoms with E-state index in [1.54, 1.807) is 36.1 Å². The Morgan fingerprint density at radius 3 is 2.41 bits per heavy atom. The average Bonchev–Trinajstić information content (AvgIpc) is 3.48. The van der Waals surface area contributed by atoms with Crippen molar-refractivity contribution in [1.82, 2.24) is 9.78 Å². The molecule has 1 aliphatic heterocycles. The molecular formula is C23H22N2O6S. The van der Waals surface area contributed by atoms with E-state index in [1.807, 2.05) is 30.3 Å². The fraction of sp³-hybridized carbons (Fsp3) is 0.261. The number of aromatic nitrogens is 2. The zero-order chi connectivity index (χ0) is 22.6. The summed E-state index contributed by atoms with van der Waals surface area (Å²) in [5.74, 6) is -0.630. The topological polar surface area (TPSA) is 88.9 Å². The van der Waals surface area contributed by atoms with E-state index >= 15 is 0 Å². The summed E-state index contributed by atoms with van der Waals surface area (Å²) in [5, 5.41) is 4.87. The molecule has 0 aliphatic carbocycles. The Bertz CT molecular complexity index is 1090. The SMILES string of the molecule is COC(=O)c1nn(-c2ccc(OC)cc2)c(SCC2(c3ccccc3)OCCO2)c1C=O. The standard InChI is InChI=1S/C23H22N2O6S/c1-28-18-10-8-17(9-11-18)25-21(19(14-26)20(24-25)22(27)29-2)32-15-23(30-12-13-31-23)16-6-4-3-5-7-16/h3-11,14H,12-13,15H2,1-2H3. The lowest BCUT2D eigenvalue weighted by atomic mass is 10.1. The lowest BCUT2D eigenvalue weighted by Crippen LogP contribution is -2.30. The maximum Gasteiger partial charge on any atom is 0.359 e. The van der Waals surface area contributed by atoms with E-state index in [9.17, 15) is 9.59 Å². The molecule has 32 heavy (non-hydrogen) atoms. The van der Waals surface area contributed by atoms with Crippen LogP contribution < -0.4 is 4.74 Å².